The maximum absolute atomic E-state index is 11.7. The highest BCUT2D eigenvalue weighted by molar-refractivity contribution is 5.94. The van der Waals surface area contributed by atoms with E-state index in [9.17, 15) is 9.59 Å². The fourth-order valence-corrected chi connectivity index (χ4v) is 2.81. The normalized spacial score (nSPS) is 10.9. The number of guanidine groups is 1. The zero-order valence-electron chi connectivity index (χ0n) is 17.1. The summed E-state index contributed by atoms with van der Waals surface area (Å²) in [5.74, 6) is 0.302. The van der Waals surface area contributed by atoms with E-state index in [1.165, 1.54) is 7.11 Å². The van der Waals surface area contributed by atoms with Crippen molar-refractivity contribution in [1.29, 1.82) is 0 Å². The smallest absolute Gasteiger partial charge is 0.337 e. The number of aliphatic imine (C=N–C) groups is 1. The number of hydrogen-bond acceptors (Lipinski definition) is 4. The van der Waals surface area contributed by atoms with Gasteiger partial charge in [-0.05, 0) is 48.2 Å². The van der Waals surface area contributed by atoms with Crippen molar-refractivity contribution in [3.05, 3.63) is 70.8 Å². The van der Waals surface area contributed by atoms with Crippen LogP contribution in [-0.2, 0) is 17.6 Å². The highest BCUT2D eigenvalue weighted by atomic mass is 16.5. The first kappa shape index (κ1) is 21.9. The van der Waals surface area contributed by atoms with Crippen molar-refractivity contribution in [2.24, 2.45) is 4.99 Å². The second kappa shape index (κ2) is 11.5. The summed E-state index contributed by atoms with van der Waals surface area (Å²) in [5.41, 5.74) is 3.40. The summed E-state index contributed by atoms with van der Waals surface area (Å²) >= 11 is 0. The average Bonchev–Trinajstić information content (AvgIpc) is 2.77. The number of carbonyl (C=O) groups excluding carboxylic acids is 2. The van der Waals surface area contributed by atoms with E-state index >= 15 is 0 Å². The van der Waals surface area contributed by atoms with Crippen molar-refractivity contribution in [1.82, 2.24) is 16.0 Å². The Hall–Kier alpha value is -3.35. The lowest BCUT2D eigenvalue weighted by molar-refractivity contribution is 0.0600. The molecule has 0 unspecified atom stereocenters. The molecule has 0 aromatic heterocycles. The highest BCUT2D eigenvalue weighted by Crippen LogP contribution is 2.07. The van der Waals surface area contributed by atoms with E-state index < -0.39 is 0 Å². The summed E-state index contributed by atoms with van der Waals surface area (Å²) in [5, 5.41) is 9.18. The molecule has 0 radical (unpaired) electrons. The fraction of sp³-hybridized carbons (Fsp3) is 0.318. The van der Waals surface area contributed by atoms with Gasteiger partial charge >= 0.3 is 5.97 Å². The summed E-state index contributed by atoms with van der Waals surface area (Å²) in [4.78, 5) is 27.4. The lowest BCUT2D eigenvalue weighted by Gasteiger charge is -2.12. The molecule has 7 nitrogen and oxygen atoms in total. The number of esters is 1. The Balaban J connectivity index is 1.75. The van der Waals surface area contributed by atoms with E-state index in [1.54, 1.807) is 32.3 Å². The van der Waals surface area contributed by atoms with Gasteiger partial charge < -0.3 is 20.7 Å². The Labute approximate surface area is 171 Å². The zero-order chi connectivity index (χ0) is 21.1. The maximum atomic E-state index is 11.7. The van der Waals surface area contributed by atoms with Crippen molar-refractivity contribution in [3.8, 4) is 0 Å². The third-order valence-corrected chi connectivity index (χ3v) is 4.43. The van der Waals surface area contributed by atoms with Crippen LogP contribution in [0.3, 0.4) is 0 Å². The minimum atomic E-state index is -0.333. The molecule has 3 N–H and O–H groups in total. The molecule has 0 saturated carbocycles. The van der Waals surface area contributed by atoms with E-state index in [4.69, 9.17) is 4.74 Å². The largest absolute Gasteiger partial charge is 0.465 e. The fourth-order valence-electron chi connectivity index (χ4n) is 2.81. The van der Waals surface area contributed by atoms with Crippen LogP contribution >= 0.6 is 0 Å². The third-order valence-electron chi connectivity index (χ3n) is 4.43. The number of nitrogens with zero attached hydrogens (tertiary/aromatic N) is 1. The lowest BCUT2D eigenvalue weighted by Crippen LogP contribution is -2.39. The predicted molar refractivity (Wildman–Crippen MR) is 114 cm³/mol. The first-order valence-electron chi connectivity index (χ1n) is 9.50. The molecule has 2 rings (SSSR count). The van der Waals surface area contributed by atoms with Gasteiger partial charge in [0.25, 0.3) is 5.91 Å². The number of amides is 1. The van der Waals surface area contributed by atoms with Crippen LogP contribution in [0.2, 0.25) is 0 Å². The van der Waals surface area contributed by atoms with Crippen LogP contribution in [0.15, 0.2) is 53.5 Å². The monoisotopic (exact) mass is 396 g/mol. The summed E-state index contributed by atoms with van der Waals surface area (Å²) in [7, 11) is 4.73. The molecule has 1 amide bonds. The van der Waals surface area contributed by atoms with Crippen molar-refractivity contribution in [2.75, 3.05) is 34.3 Å². The summed E-state index contributed by atoms with van der Waals surface area (Å²) in [6, 6.07) is 15.0. The number of carbonyl (C=O) groups is 2. The number of nitrogens with one attached hydrogen (secondary N) is 3. The van der Waals surface area contributed by atoms with Crippen LogP contribution in [0, 0.1) is 0 Å². The maximum Gasteiger partial charge on any atom is 0.337 e. The molecule has 7 heteroatoms. The molecule has 0 heterocycles. The predicted octanol–water partition coefficient (Wildman–Crippen LogP) is 1.78. The third kappa shape index (κ3) is 6.95. The highest BCUT2D eigenvalue weighted by Gasteiger charge is 2.05. The summed E-state index contributed by atoms with van der Waals surface area (Å²) < 4.78 is 4.70. The van der Waals surface area contributed by atoms with Crippen LogP contribution in [-0.4, -0.2) is 52.1 Å². The number of benzene rings is 2. The standard InChI is InChI=1S/C22H28N4O3/c1-23-20(27)19-6-4-5-17(15-19)12-14-26-22(24-2)25-13-11-16-7-9-18(10-8-16)21(28)29-3/h4-10,15H,11-14H2,1-3H3,(H,23,27)(H2,24,25,26). The van der Waals surface area contributed by atoms with Gasteiger partial charge in [0, 0.05) is 32.7 Å². The minimum absolute atomic E-state index is 0.0862. The molecule has 0 aliphatic heterocycles. The molecular weight excluding hydrogens is 368 g/mol. The first-order valence-corrected chi connectivity index (χ1v) is 9.50. The Bertz CT molecular complexity index is 847. The molecule has 2 aromatic carbocycles. The van der Waals surface area contributed by atoms with Crippen LogP contribution in [0.5, 0.6) is 0 Å². The van der Waals surface area contributed by atoms with Crippen LogP contribution in [0.25, 0.3) is 0 Å². The van der Waals surface area contributed by atoms with Gasteiger partial charge in [0.05, 0.1) is 12.7 Å². The average molecular weight is 396 g/mol. The van der Waals surface area contributed by atoms with Crippen molar-refractivity contribution in [2.45, 2.75) is 12.8 Å². The van der Waals surface area contributed by atoms with Gasteiger partial charge in [-0.25, -0.2) is 4.79 Å². The second-order valence-electron chi connectivity index (χ2n) is 6.39. The van der Waals surface area contributed by atoms with Crippen molar-refractivity contribution >= 4 is 17.8 Å². The molecule has 0 bridgehead atoms. The minimum Gasteiger partial charge on any atom is -0.465 e. The molecule has 2 aromatic rings. The molecule has 0 aliphatic carbocycles. The van der Waals surface area contributed by atoms with Gasteiger partial charge in [0.15, 0.2) is 5.96 Å². The summed E-state index contributed by atoms with van der Waals surface area (Å²) in [6.07, 6.45) is 1.58. The Morgan fingerprint density at radius 1 is 0.931 bits per heavy atom. The van der Waals surface area contributed by atoms with E-state index in [1.807, 2.05) is 30.3 Å². The molecule has 29 heavy (non-hydrogen) atoms. The van der Waals surface area contributed by atoms with Gasteiger partial charge in [-0.2, -0.15) is 0 Å². The molecule has 154 valence electrons. The molecule has 0 aliphatic rings. The Kier molecular flexibility index (Phi) is 8.69. The molecule has 0 spiro atoms. The molecular formula is C22H28N4O3. The number of ether oxygens (including phenoxy) is 1. The van der Waals surface area contributed by atoms with Crippen LogP contribution < -0.4 is 16.0 Å². The van der Waals surface area contributed by atoms with Gasteiger partial charge in [0.2, 0.25) is 0 Å². The van der Waals surface area contributed by atoms with Crippen molar-refractivity contribution in [3.63, 3.8) is 0 Å². The van der Waals surface area contributed by atoms with Gasteiger partial charge in [-0.3, -0.25) is 9.79 Å². The van der Waals surface area contributed by atoms with Crippen LogP contribution in [0.4, 0.5) is 0 Å². The number of rotatable bonds is 8. The lowest BCUT2D eigenvalue weighted by atomic mass is 10.1. The van der Waals surface area contributed by atoms with E-state index in [0.717, 1.165) is 29.9 Å². The van der Waals surface area contributed by atoms with E-state index in [2.05, 4.69) is 20.9 Å². The quantitative estimate of drug-likeness (QED) is 0.359. The SMILES string of the molecule is CN=C(NCCc1ccc(C(=O)OC)cc1)NCCc1cccc(C(=O)NC)c1. The van der Waals surface area contributed by atoms with E-state index in [0.29, 0.717) is 24.2 Å². The molecule has 0 fully saturated rings. The second-order valence-corrected chi connectivity index (χ2v) is 6.39. The summed E-state index contributed by atoms with van der Waals surface area (Å²) in [6.45, 7) is 1.41. The molecule has 0 atom stereocenters. The van der Waals surface area contributed by atoms with E-state index in [-0.39, 0.29) is 11.9 Å². The number of hydrogen-bond donors (Lipinski definition) is 3. The Morgan fingerprint density at radius 2 is 1.59 bits per heavy atom. The topological polar surface area (TPSA) is 91.8 Å². The Morgan fingerprint density at radius 3 is 2.17 bits per heavy atom. The number of methoxy groups -OCH3 is 1. The molecule has 0 saturated heterocycles. The van der Waals surface area contributed by atoms with Crippen molar-refractivity contribution < 1.29 is 14.3 Å². The van der Waals surface area contributed by atoms with Crippen LogP contribution in [0.1, 0.15) is 31.8 Å². The first-order chi connectivity index (χ1) is 14.1. The van der Waals surface area contributed by atoms with Gasteiger partial charge in [-0.1, -0.05) is 24.3 Å². The zero-order valence-corrected chi connectivity index (χ0v) is 17.1. The van der Waals surface area contributed by atoms with Gasteiger partial charge in [-0.15, -0.1) is 0 Å². The van der Waals surface area contributed by atoms with Gasteiger partial charge in [0.1, 0.15) is 0 Å².